The van der Waals surface area contributed by atoms with E-state index in [9.17, 15) is 13.7 Å². The van der Waals surface area contributed by atoms with E-state index < -0.39 is 15.6 Å². The molecule has 1 atom stereocenters. The monoisotopic (exact) mass is 378 g/mol. The Kier molecular flexibility index (Phi) is 6.07. The summed E-state index contributed by atoms with van der Waals surface area (Å²) in [7, 11) is -3.70. The number of nitriles is 1. The third-order valence-electron chi connectivity index (χ3n) is 3.48. The van der Waals surface area contributed by atoms with Gasteiger partial charge >= 0.3 is 0 Å². The standard InChI is InChI=1S/C18H19ClN2O3S/c1-14-10-16(8-9-17(14)19)24-13-18(2,12-20)21-25(22,23)11-15-6-4-3-5-7-15/h3-10,21H,11,13H2,1-2H3. The summed E-state index contributed by atoms with van der Waals surface area (Å²) < 4.78 is 32.7. The van der Waals surface area contributed by atoms with Crippen LogP contribution in [-0.2, 0) is 15.8 Å². The van der Waals surface area contributed by atoms with E-state index in [2.05, 4.69) is 4.72 Å². The molecule has 1 unspecified atom stereocenters. The molecule has 2 rings (SSSR count). The Morgan fingerprint density at radius 2 is 1.92 bits per heavy atom. The van der Waals surface area contributed by atoms with Gasteiger partial charge in [-0.15, -0.1) is 0 Å². The minimum atomic E-state index is -3.70. The van der Waals surface area contributed by atoms with E-state index in [-0.39, 0.29) is 12.4 Å². The Balaban J connectivity index is 2.06. The van der Waals surface area contributed by atoms with Crippen LogP contribution >= 0.6 is 11.6 Å². The molecule has 2 aromatic carbocycles. The van der Waals surface area contributed by atoms with Gasteiger partial charge in [-0.3, -0.25) is 0 Å². The summed E-state index contributed by atoms with van der Waals surface area (Å²) in [6.45, 7) is 3.19. The molecule has 0 saturated heterocycles. The van der Waals surface area contributed by atoms with Gasteiger partial charge in [-0.05, 0) is 43.2 Å². The fraction of sp³-hybridized carbons (Fsp3) is 0.278. The summed E-state index contributed by atoms with van der Waals surface area (Å²) in [5.41, 5.74) is 0.0910. The van der Waals surface area contributed by atoms with Crippen molar-refractivity contribution >= 4 is 21.6 Å². The molecule has 0 saturated carbocycles. The molecule has 5 nitrogen and oxygen atoms in total. The lowest BCUT2D eigenvalue weighted by atomic mass is 10.1. The highest BCUT2D eigenvalue weighted by Crippen LogP contribution is 2.22. The van der Waals surface area contributed by atoms with Gasteiger partial charge in [-0.1, -0.05) is 41.9 Å². The second-order valence-corrected chi connectivity index (χ2v) is 8.12. The molecule has 0 spiro atoms. The minimum Gasteiger partial charge on any atom is -0.491 e. The Hall–Kier alpha value is -2.07. The van der Waals surface area contributed by atoms with Crippen molar-refractivity contribution in [1.82, 2.24) is 4.72 Å². The number of ether oxygens (including phenoxy) is 1. The molecule has 0 radical (unpaired) electrons. The summed E-state index contributed by atoms with van der Waals surface area (Å²) >= 11 is 5.96. The average molecular weight is 379 g/mol. The van der Waals surface area contributed by atoms with Crippen LogP contribution in [0.2, 0.25) is 5.02 Å². The first-order chi connectivity index (χ1) is 11.7. The van der Waals surface area contributed by atoms with E-state index in [0.29, 0.717) is 16.3 Å². The summed E-state index contributed by atoms with van der Waals surface area (Å²) in [5.74, 6) is 0.316. The highest BCUT2D eigenvalue weighted by atomic mass is 35.5. The van der Waals surface area contributed by atoms with E-state index in [1.165, 1.54) is 6.92 Å². The van der Waals surface area contributed by atoms with Gasteiger partial charge in [-0.2, -0.15) is 9.98 Å². The van der Waals surface area contributed by atoms with Crippen LogP contribution in [0.5, 0.6) is 5.75 Å². The summed E-state index contributed by atoms with van der Waals surface area (Å²) in [6.07, 6.45) is 0. The molecule has 2 aromatic rings. The Morgan fingerprint density at radius 3 is 2.52 bits per heavy atom. The van der Waals surface area contributed by atoms with Crippen molar-refractivity contribution in [2.45, 2.75) is 25.1 Å². The quantitative estimate of drug-likeness (QED) is 0.800. The molecule has 132 valence electrons. The van der Waals surface area contributed by atoms with Crippen LogP contribution in [-0.4, -0.2) is 20.6 Å². The molecule has 0 aliphatic carbocycles. The van der Waals surface area contributed by atoms with Crippen molar-refractivity contribution in [2.24, 2.45) is 0 Å². The number of halogens is 1. The topological polar surface area (TPSA) is 79.2 Å². The van der Waals surface area contributed by atoms with E-state index in [0.717, 1.165) is 5.56 Å². The zero-order valence-corrected chi connectivity index (χ0v) is 15.6. The number of sulfonamides is 1. The first-order valence-electron chi connectivity index (χ1n) is 7.59. The van der Waals surface area contributed by atoms with Crippen molar-refractivity contribution < 1.29 is 13.2 Å². The normalized spacial score (nSPS) is 13.7. The van der Waals surface area contributed by atoms with Crippen molar-refractivity contribution in [3.63, 3.8) is 0 Å². The van der Waals surface area contributed by atoms with Crippen LogP contribution in [0.15, 0.2) is 48.5 Å². The third-order valence-corrected chi connectivity index (χ3v) is 5.38. The van der Waals surface area contributed by atoms with Gasteiger partial charge in [0.05, 0.1) is 11.8 Å². The zero-order chi connectivity index (χ0) is 18.5. The van der Waals surface area contributed by atoms with Crippen molar-refractivity contribution in [1.29, 1.82) is 5.26 Å². The Labute approximate surface area is 153 Å². The van der Waals surface area contributed by atoms with E-state index in [4.69, 9.17) is 16.3 Å². The molecular weight excluding hydrogens is 360 g/mol. The van der Waals surface area contributed by atoms with Gasteiger partial charge in [0.1, 0.15) is 12.4 Å². The smallest absolute Gasteiger partial charge is 0.217 e. The Bertz CT molecular complexity index is 879. The highest BCUT2D eigenvalue weighted by molar-refractivity contribution is 7.88. The second-order valence-electron chi connectivity index (χ2n) is 5.99. The predicted octanol–water partition coefficient (Wildman–Crippen LogP) is 3.43. The summed E-state index contributed by atoms with van der Waals surface area (Å²) in [4.78, 5) is 0. The van der Waals surface area contributed by atoms with E-state index >= 15 is 0 Å². The number of nitrogens with zero attached hydrogens (tertiary/aromatic N) is 1. The van der Waals surface area contributed by atoms with Gasteiger partial charge in [0.15, 0.2) is 5.54 Å². The number of benzene rings is 2. The van der Waals surface area contributed by atoms with E-state index in [1.807, 2.05) is 19.1 Å². The molecule has 0 heterocycles. The number of aryl methyl sites for hydroxylation is 1. The molecular formula is C18H19ClN2O3S. The minimum absolute atomic E-state index is 0.126. The molecule has 1 N–H and O–H groups in total. The molecule has 0 aliphatic rings. The molecule has 0 aromatic heterocycles. The van der Waals surface area contributed by atoms with Crippen LogP contribution in [0.3, 0.4) is 0 Å². The van der Waals surface area contributed by atoms with Crippen molar-refractivity contribution in [2.75, 3.05) is 6.61 Å². The maximum atomic E-state index is 12.3. The fourth-order valence-corrected chi connectivity index (χ4v) is 3.80. The molecule has 0 bridgehead atoms. The lowest BCUT2D eigenvalue weighted by Gasteiger charge is -2.23. The summed E-state index contributed by atoms with van der Waals surface area (Å²) in [6, 6.07) is 15.8. The molecule has 0 aliphatic heterocycles. The Morgan fingerprint density at radius 1 is 1.24 bits per heavy atom. The molecule has 7 heteroatoms. The number of rotatable bonds is 7. The largest absolute Gasteiger partial charge is 0.491 e. The van der Waals surface area contributed by atoms with Crippen molar-refractivity contribution in [3.8, 4) is 11.8 Å². The van der Waals surface area contributed by atoms with Gasteiger partial charge in [0.2, 0.25) is 10.0 Å². The van der Waals surface area contributed by atoms with Crippen LogP contribution in [0.25, 0.3) is 0 Å². The second kappa shape index (κ2) is 7.87. The van der Waals surface area contributed by atoms with Crippen molar-refractivity contribution in [3.05, 3.63) is 64.7 Å². The third kappa shape index (κ3) is 5.75. The van der Waals surface area contributed by atoms with Crippen LogP contribution in [0.1, 0.15) is 18.1 Å². The molecule has 0 fully saturated rings. The molecule has 25 heavy (non-hydrogen) atoms. The maximum absolute atomic E-state index is 12.3. The fourth-order valence-electron chi connectivity index (χ4n) is 2.19. The first kappa shape index (κ1) is 19.3. The lowest BCUT2D eigenvalue weighted by molar-refractivity contribution is 0.252. The first-order valence-corrected chi connectivity index (χ1v) is 9.62. The summed E-state index contributed by atoms with van der Waals surface area (Å²) in [5, 5.41) is 10.0. The van der Waals surface area contributed by atoms with Crippen LogP contribution in [0, 0.1) is 18.3 Å². The van der Waals surface area contributed by atoms with Crippen LogP contribution < -0.4 is 9.46 Å². The SMILES string of the molecule is Cc1cc(OCC(C)(C#N)NS(=O)(=O)Cc2ccccc2)ccc1Cl. The zero-order valence-electron chi connectivity index (χ0n) is 14.0. The number of nitrogens with one attached hydrogen (secondary N) is 1. The van der Waals surface area contributed by atoms with Crippen LogP contribution in [0.4, 0.5) is 0 Å². The maximum Gasteiger partial charge on any atom is 0.217 e. The number of hydrogen-bond donors (Lipinski definition) is 1. The number of hydrogen-bond acceptors (Lipinski definition) is 4. The van der Waals surface area contributed by atoms with Gasteiger partial charge in [0, 0.05) is 5.02 Å². The van der Waals surface area contributed by atoms with Gasteiger partial charge in [0.25, 0.3) is 0 Å². The highest BCUT2D eigenvalue weighted by Gasteiger charge is 2.31. The van der Waals surface area contributed by atoms with Gasteiger partial charge < -0.3 is 4.74 Å². The average Bonchev–Trinajstić information content (AvgIpc) is 2.56. The lowest BCUT2D eigenvalue weighted by Crippen LogP contribution is -2.49. The van der Waals surface area contributed by atoms with E-state index in [1.54, 1.807) is 42.5 Å². The van der Waals surface area contributed by atoms with Gasteiger partial charge in [-0.25, -0.2) is 8.42 Å². The predicted molar refractivity (Wildman–Crippen MR) is 97.9 cm³/mol. The molecule has 0 amide bonds.